The maximum atomic E-state index is 11.8. The van der Waals surface area contributed by atoms with Crippen LogP contribution in [-0.2, 0) is 6.61 Å². The summed E-state index contributed by atoms with van der Waals surface area (Å²) < 4.78 is 7.81. The highest BCUT2D eigenvalue weighted by Crippen LogP contribution is 2.33. The van der Waals surface area contributed by atoms with Crippen molar-refractivity contribution in [1.82, 2.24) is 4.57 Å². The van der Waals surface area contributed by atoms with E-state index in [1.165, 1.54) is 0 Å². The Morgan fingerprint density at radius 2 is 1.64 bits per heavy atom. The van der Waals surface area contributed by atoms with Crippen molar-refractivity contribution in [3.05, 3.63) is 102 Å². The molecular weight excluding hydrogens is 350 g/mol. The van der Waals surface area contributed by atoms with Crippen LogP contribution in [0.4, 0.5) is 0 Å². The van der Waals surface area contributed by atoms with E-state index in [2.05, 4.69) is 0 Å². The molecule has 0 aliphatic carbocycles. The summed E-state index contributed by atoms with van der Waals surface area (Å²) in [4.78, 5) is 11.8. The Bertz CT molecular complexity index is 1100. The first-order valence-electron chi connectivity index (χ1n) is 9.22. The van der Waals surface area contributed by atoms with Crippen molar-refractivity contribution < 1.29 is 14.6 Å². The standard InChI is InChI=1S/C24H21NO3/c1-17(19-11-6-3-7-12-19)25-21-13-8-14-23(20(21)15-22(25)24(26)27)28-16-18-9-4-2-5-10-18/h2-15,17H,16H2,1H3,(H,26,27)/p-1/t17-/m0/s1. The van der Waals surface area contributed by atoms with Crippen LogP contribution in [0.25, 0.3) is 10.9 Å². The number of carboxylic acid groups (broad SMARTS) is 1. The van der Waals surface area contributed by atoms with Gasteiger partial charge >= 0.3 is 0 Å². The molecule has 0 amide bonds. The summed E-state index contributed by atoms with van der Waals surface area (Å²) in [6.07, 6.45) is 0. The third-order valence-corrected chi connectivity index (χ3v) is 4.96. The summed E-state index contributed by atoms with van der Waals surface area (Å²) in [6.45, 7) is 2.40. The quantitative estimate of drug-likeness (QED) is 0.511. The van der Waals surface area contributed by atoms with Gasteiger partial charge in [-0.25, -0.2) is 0 Å². The van der Waals surface area contributed by atoms with Crippen LogP contribution in [0.2, 0.25) is 0 Å². The average Bonchev–Trinajstić information content (AvgIpc) is 3.13. The normalized spacial score (nSPS) is 12.0. The number of ether oxygens (including phenoxy) is 1. The molecule has 4 rings (SSSR count). The number of aromatic carboxylic acids is 1. The molecule has 0 saturated carbocycles. The summed E-state index contributed by atoms with van der Waals surface area (Å²) in [6, 6.07) is 26.9. The molecule has 4 heteroatoms. The van der Waals surface area contributed by atoms with Gasteiger partial charge in [0.15, 0.2) is 0 Å². The molecule has 3 aromatic carbocycles. The second-order valence-corrected chi connectivity index (χ2v) is 6.74. The van der Waals surface area contributed by atoms with Crippen LogP contribution in [0, 0.1) is 0 Å². The highest BCUT2D eigenvalue weighted by atomic mass is 16.5. The minimum atomic E-state index is -1.20. The molecule has 0 unspecified atom stereocenters. The maximum absolute atomic E-state index is 11.8. The first-order valence-corrected chi connectivity index (χ1v) is 9.22. The fourth-order valence-electron chi connectivity index (χ4n) is 3.54. The van der Waals surface area contributed by atoms with Crippen LogP contribution in [0.15, 0.2) is 84.9 Å². The highest BCUT2D eigenvalue weighted by molar-refractivity contribution is 5.96. The summed E-state index contributed by atoms with van der Waals surface area (Å²) >= 11 is 0. The van der Waals surface area contributed by atoms with E-state index in [1.54, 1.807) is 10.6 Å². The first kappa shape index (κ1) is 17.9. The lowest BCUT2D eigenvalue weighted by Gasteiger charge is -2.20. The lowest BCUT2D eigenvalue weighted by atomic mass is 10.1. The molecule has 4 nitrogen and oxygen atoms in total. The molecule has 1 atom stereocenters. The van der Waals surface area contributed by atoms with Crippen LogP contribution in [-0.4, -0.2) is 10.5 Å². The lowest BCUT2D eigenvalue weighted by Crippen LogP contribution is -2.26. The van der Waals surface area contributed by atoms with Gasteiger partial charge < -0.3 is 19.2 Å². The minimum Gasteiger partial charge on any atom is -0.543 e. The molecule has 1 heterocycles. The van der Waals surface area contributed by atoms with E-state index < -0.39 is 5.97 Å². The monoisotopic (exact) mass is 370 g/mol. The highest BCUT2D eigenvalue weighted by Gasteiger charge is 2.18. The molecule has 28 heavy (non-hydrogen) atoms. The molecule has 0 spiro atoms. The summed E-state index contributed by atoms with van der Waals surface area (Å²) in [5, 5.41) is 12.6. The number of fused-ring (bicyclic) bond motifs is 1. The van der Waals surface area contributed by atoms with Gasteiger partial charge in [-0.15, -0.1) is 0 Å². The molecule has 0 saturated heterocycles. The molecule has 0 aliphatic rings. The Hall–Kier alpha value is -3.53. The van der Waals surface area contributed by atoms with Crippen LogP contribution in [0.3, 0.4) is 0 Å². The van der Waals surface area contributed by atoms with Gasteiger partial charge in [0.2, 0.25) is 0 Å². The topological polar surface area (TPSA) is 54.3 Å². The van der Waals surface area contributed by atoms with Gasteiger partial charge in [0.05, 0.1) is 23.2 Å². The first-order chi connectivity index (χ1) is 13.6. The smallest absolute Gasteiger partial charge is 0.129 e. The van der Waals surface area contributed by atoms with Crippen LogP contribution in [0.5, 0.6) is 5.75 Å². The number of carbonyl (C=O) groups is 1. The second-order valence-electron chi connectivity index (χ2n) is 6.74. The molecule has 140 valence electrons. The molecule has 0 aliphatic heterocycles. The number of nitrogens with zero attached hydrogens (tertiary/aromatic N) is 1. The maximum Gasteiger partial charge on any atom is 0.129 e. The van der Waals surface area contributed by atoms with E-state index >= 15 is 0 Å². The number of rotatable bonds is 6. The van der Waals surface area contributed by atoms with Crippen LogP contribution in [0.1, 0.15) is 34.6 Å². The van der Waals surface area contributed by atoms with Gasteiger partial charge in [-0.2, -0.15) is 0 Å². The van der Waals surface area contributed by atoms with Crippen molar-refractivity contribution in [3.8, 4) is 5.75 Å². The van der Waals surface area contributed by atoms with Gasteiger partial charge in [0.1, 0.15) is 12.4 Å². The van der Waals surface area contributed by atoms with E-state index in [0.717, 1.165) is 22.0 Å². The van der Waals surface area contributed by atoms with Crippen LogP contribution < -0.4 is 9.84 Å². The van der Waals surface area contributed by atoms with Gasteiger partial charge in [-0.1, -0.05) is 66.7 Å². The fourth-order valence-corrected chi connectivity index (χ4v) is 3.54. The predicted molar refractivity (Wildman–Crippen MR) is 107 cm³/mol. The fraction of sp³-hybridized carbons (Fsp3) is 0.125. The van der Waals surface area contributed by atoms with E-state index in [4.69, 9.17) is 4.74 Å². The van der Waals surface area contributed by atoms with Crippen molar-refractivity contribution >= 4 is 16.9 Å². The molecule has 0 fully saturated rings. The summed E-state index contributed by atoms with van der Waals surface area (Å²) in [5.74, 6) is -0.546. The van der Waals surface area contributed by atoms with E-state index in [1.807, 2.05) is 85.8 Å². The number of aromatic nitrogens is 1. The Kier molecular flexibility index (Phi) is 4.85. The van der Waals surface area contributed by atoms with Gasteiger partial charge in [-0.05, 0) is 36.2 Å². The molecule has 4 aromatic rings. The summed E-state index contributed by atoms with van der Waals surface area (Å²) in [5.41, 5.74) is 3.03. The zero-order valence-corrected chi connectivity index (χ0v) is 15.5. The SMILES string of the molecule is C[C@@H](c1ccccc1)n1c(C(=O)[O-])cc2c(OCc3ccccc3)cccc21. The number of benzene rings is 3. The number of hydrogen-bond acceptors (Lipinski definition) is 3. The van der Waals surface area contributed by atoms with Crippen LogP contribution >= 0.6 is 0 Å². The Balaban J connectivity index is 1.77. The zero-order valence-electron chi connectivity index (χ0n) is 15.5. The van der Waals surface area contributed by atoms with Crippen molar-refractivity contribution in [2.24, 2.45) is 0 Å². The number of carbonyl (C=O) groups excluding carboxylic acids is 1. The van der Waals surface area contributed by atoms with Crippen molar-refractivity contribution in [1.29, 1.82) is 0 Å². The van der Waals surface area contributed by atoms with Crippen molar-refractivity contribution in [3.63, 3.8) is 0 Å². The molecular formula is C24H20NO3-. The van der Waals surface area contributed by atoms with Gasteiger partial charge in [-0.3, -0.25) is 0 Å². The molecule has 0 radical (unpaired) electrons. The van der Waals surface area contributed by atoms with Gasteiger partial charge in [0.25, 0.3) is 0 Å². The molecule has 0 N–H and O–H groups in total. The summed E-state index contributed by atoms with van der Waals surface area (Å²) in [7, 11) is 0. The molecule has 1 aromatic heterocycles. The largest absolute Gasteiger partial charge is 0.543 e. The Morgan fingerprint density at radius 1 is 0.964 bits per heavy atom. The second kappa shape index (κ2) is 7.61. The molecule has 0 bridgehead atoms. The minimum absolute atomic E-state index is 0.141. The third-order valence-electron chi connectivity index (χ3n) is 4.96. The predicted octanol–water partition coefficient (Wildman–Crippen LogP) is 4.19. The van der Waals surface area contributed by atoms with Crippen molar-refractivity contribution in [2.75, 3.05) is 0 Å². The Morgan fingerprint density at radius 3 is 2.32 bits per heavy atom. The van der Waals surface area contributed by atoms with E-state index in [9.17, 15) is 9.90 Å². The number of hydrogen-bond donors (Lipinski definition) is 0. The Labute approximate surface area is 163 Å². The van der Waals surface area contributed by atoms with Crippen molar-refractivity contribution in [2.45, 2.75) is 19.6 Å². The van der Waals surface area contributed by atoms with E-state index in [-0.39, 0.29) is 11.7 Å². The zero-order chi connectivity index (χ0) is 19.5. The number of carboxylic acids is 1. The van der Waals surface area contributed by atoms with Gasteiger partial charge in [0, 0.05) is 5.39 Å². The third kappa shape index (κ3) is 3.37. The lowest BCUT2D eigenvalue weighted by molar-refractivity contribution is -0.255. The van der Waals surface area contributed by atoms with E-state index in [0.29, 0.717) is 12.4 Å². The average molecular weight is 370 g/mol.